The minimum absolute atomic E-state index is 0.173. The number of nitrogens with one attached hydrogen (secondary N) is 1. The smallest absolute Gasteiger partial charge is 0.296 e. The molecule has 29 heavy (non-hydrogen) atoms. The number of carbonyl (C=O) groups is 1. The van der Waals surface area contributed by atoms with Crippen LogP contribution in [-0.4, -0.2) is 21.1 Å². The van der Waals surface area contributed by atoms with Gasteiger partial charge in [-0.2, -0.15) is 13.2 Å². The third-order valence-electron chi connectivity index (χ3n) is 3.85. The number of thioether (sulfide) groups is 1. The van der Waals surface area contributed by atoms with Crippen molar-refractivity contribution in [1.29, 1.82) is 0 Å². The summed E-state index contributed by atoms with van der Waals surface area (Å²) in [5.41, 5.74) is -0.393. The van der Waals surface area contributed by atoms with Crippen molar-refractivity contribution in [2.24, 2.45) is 0 Å². The van der Waals surface area contributed by atoms with Gasteiger partial charge in [-0.3, -0.25) is 10.1 Å². The van der Waals surface area contributed by atoms with E-state index in [-0.39, 0.29) is 4.83 Å². The largest absolute Gasteiger partial charge is 0.433 e. The zero-order chi connectivity index (χ0) is 20.6. The van der Waals surface area contributed by atoms with Crippen molar-refractivity contribution in [3.63, 3.8) is 0 Å². The van der Waals surface area contributed by atoms with Crippen LogP contribution in [0.15, 0.2) is 34.0 Å². The Hall–Kier alpha value is -2.02. The molecule has 0 saturated carbocycles. The second kappa shape index (κ2) is 8.01. The quantitative estimate of drug-likeness (QED) is 0.282. The Morgan fingerprint density at radius 2 is 2.03 bits per heavy atom. The summed E-state index contributed by atoms with van der Waals surface area (Å²) in [6.07, 6.45) is -4.53. The molecule has 0 fully saturated rings. The van der Waals surface area contributed by atoms with E-state index in [0.29, 0.717) is 21.0 Å². The van der Waals surface area contributed by atoms with Gasteiger partial charge in [0, 0.05) is 16.0 Å². The molecule has 4 heterocycles. The molecule has 1 N–H and O–H groups in total. The molecule has 0 atom stereocenters. The lowest BCUT2D eigenvalue weighted by atomic mass is 10.2. The molecule has 0 aromatic carbocycles. The number of fused-ring (bicyclic) bond motifs is 1. The summed E-state index contributed by atoms with van der Waals surface area (Å²) in [5, 5.41) is 13.6. The summed E-state index contributed by atoms with van der Waals surface area (Å²) >= 11 is 5.35. The molecule has 5 nitrogen and oxygen atoms in total. The van der Waals surface area contributed by atoms with Crippen molar-refractivity contribution in [1.82, 2.24) is 15.2 Å². The molecule has 0 radical (unpaired) electrons. The van der Waals surface area contributed by atoms with Crippen molar-refractivity contribution < 1.29 is 18.0 Å². The van der Waals surface area contributed by atoms with Crippen LogP contribution in [0.3, 0.4) is 0 Å². The molecule has 12 heteroatoms. The fraction of sp³-hybridized carbons (Fsp3) is 0.176. The Morgan fingerprint density at radius 3 is 2.76 bits per heavy atom. The number of aromatic nitrogens is 3. The number of carbonyl (C=O) groups excluding carboxylic acids is 1. The van der Waals surface area contributed by atoms with Crippen LogP contribution >= 0.6 is 45.8 Å². The summed E-state index contributed by atoms with van der Waals surface area (Å²) in [6, 6.07) is 6.28. The number of hydrogen-bond acceptors (Lipinski definition) is 8. The van der Waals surface area contributed by atoms with E-state index in [0.717, 1.165) is 27.5 Å². The SMILES string of the molecule is Cc1c(C(=O)Nc2nnc(SCc3cccs3)s2)sc2nc(C(F)(F)F)ccc12. The van der Waals surface area contributed by atoms with Gasteiger partial charge in [-0.1, -0.05) is 29.2 Å². The molecule has 0 aliphatic heterocycles. The highest BCUT2D eigenvalue weighted by Gasteiger charge is 2.33. The second-order valence-electron chi connectivity index (χ2n) is 5.80. The topological polar surface area (TPSA) is 67.8 Å². The molecule has 0 saturated heterocycles. The average molecular weight is 473 g/mol. The highest BCUT2D eigenvalue weighted by atomic mass is 32.2. The maximum atomic E-state index is 12.9. The van der Waals surface area contributed by atoms with Crippen LogP contribution < -0.4 is 5.32 Å². The lowest BCUT2D eigenvalue weighted by Crippen LogP contribution is -2.11. The Morgan fingerprint density at radius 1 is 1.21 bits per heavy atom. The van der Waals surface area contributed by atoms with Gasteiger partial charge in [0.15, 0.2) is 4.34 Å². The van der Waals surface area contributed by atoms with Crippen LogP contribution in [0.25, 0.3) is 10.2 Å². The van der Waals surface area contributed by atoms with Crippen molar-refractivity contribution in [3.8, 4) is 0 Å². The number of halogens is 3. The third-order valence-corrected chi connectivity index (χ3v) is 8.13. The molecule has 0 aliphatic carbocycles. The molecule has 0 aliphatic rings. The maximum Gasteiger partial charge on any atom is 0.433 e. The summed E-state index contributed by atoms with van der Waals surface area (Å²) < 4.78 is 39.3. The van der Waals surface area contributed by atoms with Crippen LogP contribution in [0, 0.1) is 6.92 Å². The van der Waals surface area contributed by atoms with Crippen LogP contribution in [0.4, 0.5) is 18.3 Å². The minimum atomic E-state index is -4.53. The summed E-state index contributed by atoms with van der Waals surface area (Å²) in [4.78, 5) is 18.0. The van der Waals surface area contributed by atoms with E-state index < -0.39 is 17.8 Å². The van der Waals surface area contributed by atoms with E-state index in [1.807, 2.05) is 17.5 Å². The van der Waals surface area contributed by atoms with E-state index in [9.17, 15) is 18.0 Å². The summed E-state index contributed by atoms with van der Waals surface area (Å²) in [7, 11) is 0. The number of nitrogens with zero attached hydrogens (tertiary/aromatic N) is 3. The molecule has 0 spiro atoms. The molecule has 0 unspecified atom stereocenters. The van der Waals surface area contributed by atoms with Crippen LogP contribution in [0.5, 0.6) is 0 Å². The first-order valence-corrected chi connectivity index (χ1v) is 11.6. The van der Waals surface area contributed by atoms with Gasteiger partial charge in [0.25, 0.3) is 5.91 Å². The predicted octanol–water partition coefficient (Wildman–Crippen LogP) is 6.08. The Labute approximate surface area is 179 Å². The molecule has 4 aromatic heterocycles. The highest BCUT2D eigenvalue weighted by molar-refractivity contribution is 8.00. The number of aryl methyl sites for hydroxylation is 1. The number of pyridine rings is 1. The van der Waals surface area contributed by atoms with E-state index in [4.69, 9.17) is 0 Å². The van der Waals surface area contributed by atoms with Gasteiger partial charge in [0.2, 0.25) is 5.13 Å². The fourth-order valence-electron chi connectivity index (χ4n) is 2.47. The van der Waals surface area contributed by atoms with Gasteiger partial charge in [-0.25, -0.2) is 4.98 Å². The van der Waals surface area contributed by atoms with E-state index >= 15 is 0 Å². The summed E-state index contributed by atoms with van der Waals surface area (Å²) in [5.74, 6) is 0.327. The molecule has 4 aromatic rings. The average Bonchev–Trinajstić information content (AvgIpc) is 3.40. The van der Waals surface area contributed by atoms with Gasteiger partial charge in [0.1, 0.15) is 10.5 Å². The number of amides is 1. The van der Waals surface area contributed by atoms with Crippen molar-refractivity contribution in [2.45, 2.75) is 23.2 Å². The standard InChI is InChI=1S/C17H11F3N4OS4/c1-8-10-4-5-11(17(18,19)20)21-14(10)28-12(8)13(25)22-15-23-24-16(29-15)27-7-9-3-2-6-26-9/h2-6H,7H2,1H3,(H,22,23,25). The van der Waals surface area contributed by atoms with E-state index in [2.05, 4.69) is 20.5 Å². The Bertz CT molecular complexity index is 1170. The molecular weight excluding hydrogens is 461 g/mol. The molecule has 4 rings (SSSR count). The Balaban J connectivity index is 1.49. The molecule has 1 amide bonds. The highest BCUT2D eigenvalue weighted by Crippen LogP contribution is 2.35. The van der Waals surface area contributed by atoms with Crippen molar-refractivity contribution in [2.75, 3.05) is 5.32 Å². The molecule has 150 valence electrons. The lowest BCUT2D eigenvalue weighted by Gasteiger charge is -2.04. The van der Waals surface area contributed by atoms with E-state index in [1.54, 1.807) is 18.3 Å². The summed E-state index contributed by atoms with van der Waals surface area (Å²) in [6.45, 7) is 1.69. The third kappa shape index (κ3) is 4.44. The lowest BCUT2D eigenvalue weighted by molar-refractivity contribution is -0.140. The zero-order valence-electron chi connectivity index (χ0n) is 14.6. The van der Waals surface area contributed by atoms with Gasteiger partial charge < -0.3 is 0 Å². The number of rotatable bonds is 5. The van der Waals surface area contributed by atoms with E-state index in [1.165, 1.54) is 34.0 Å². The maximum absolute atomic E-state index is 12.9. The number of anilines is 1. The Kier molecular flexibility index (Phi) is 5.60. The normalized spacial score (nSPS) is 11.9. The van der Waals surface area contributed by atoms with Crippen LogP contribution in [0.2, 0.25) is 0 Å². The monoisotopic (exact) mass is 472 g/mol. The number of alkyl halides is 3. The first-order chi connectivity index (χ1) is 13.8. The van der Waals surface area contributed by atoms with Crippen molar-refractivity contribution in [3.05, 3.63) is 50.7 Å². The van der Waals surface area contributed by atoms with Crippen LogP contribution in [-0.2, 0) is 11.9 Å². The number of hydrogen-bond donors (Lipinski definition) is 1. The predicted molar refractivity (Wildman–Crippen MR) is 111 cm³/mol. The number of thiophene rings is 2. The first-order valence-electron chi connectivity index (χ1n) is 8.08. The van der Waals surface area contributed by atoms with Crippen LogP contribution in [0.1, 0.15) is 25.8 Å². The first kappa shape index (κ1) is 20.3. The molecule has 0 bridgehead atoms. The van der Waals surface area contributed by atoms with Crippen molar-refractivity contribution >= 4 is 67.0 Å². The minimum Gasteiger partial charge on any atom is -0.296 e. The fourth-order valence-corrected chi connectivity index (χ4v) is 6.07. The molecular formula is C17H11F3N4OS4. The van der Waals surface area contributed by atoms with Gasteiger partial charge in [-0.15, -0.1) is 32.9 Å². The zero-order valence-corrected chi connectivity index (χ0v) is 17.9. The second-order valence-corrected chi connectivity index (χ2v) is 10.0. The van der Waals surface area contributed by atoms with Gasteiger partial charge >= 0.3 is 6.18 Å². The van der Waals surface area contributed by atoms with Gasteiger partial charge in [-0.05, 0) is 36.1 Å². The van der Waals surface area contributed by atoms with Gasteiger partial charge in [0.05, 0.1) is 4.88 Å².